The van der Waals surface area contributed by atoms with Crippen LogP contribution in [0.15, 0.2) is 18.2 Å². The van der Waals surface area contributed by atoms with E-state index in [0.717, 1.165) is 6.07 Å². The number of benzene rings is 1. The molecule has 1 amide bonds. The van der Waals surface area contributed by atoms with Gasteiger partial charge in [-0.1, -0.05) is 26.8 Å². The lowest BCUT2D eigenvalue weighted by atomic mass is 9.86. The summed E-state index contributed by atoms with van der Waals surface area (Å²) >= 11 is 0. The first kappa shape index (κ1) is 14.5. The molecule has 0 unspecified atom stereocenters. The third-order valence-electron chi connectivity index (χ3n) is 2.50. The van der Waals surface area contributed by atoms with Crippen molar-refractivity contribution in [3.8, 4) is 0 Å². The average molecular weight is 259 g/mol. The Morgan fingerprint density at radius 1 is 1.17 bits per heavy atom. The zero-order chi connectivity index (χ0) is 14.1. The number of alkyl halides is 3. The van der Waals surface area contributed by atoms with Gasteiger partial charge in [0.15, 0.2) is 0 Å². The van der Waals surface area contributed by atoms with E-state index < -0.39 is 17.6 Å². The maximum absolute atomic E-state index is 12.9. The summed E-state index contributed by atoms with van der Waals surface area (Å²) in [5.74, 6) is -0.524. The normalized spacial score (nSPS) is 12.4. The van der Waals surface area contributed by atoms with Crippen molar-refractivity contribution >= 4 is 11.6 Å². The number of anilines is 1. The molecule has 5 heteroatoms. The maximum Gasteiger partial charge on any atom is 0.418 e. The van der Waals surface area contributed by atoms with Gasteiger partial charge in [0.2, 0.25) is 5.91 Å². The van der Waals surface area contributed by atoms with Gasteiger partial charge in [0.1, 0.15) is 0 Å². The number of hydrogen-bond donors (Lipinski definition) is 1. The lowest BCUT2D eigenvalue weighted by molar-refractivity contribution is -0.137. The number of carbonyl (C=O) groups is 1. The molecule has 0 heterocycles. The van der Waals surface area contributed by atoms with Gasteiger partial charge in [0.05, 0.1) is 11.3 Å². The molecule has 1 aromatic rings. The minimum Gasteiger partial charge on any atom is -0.326 e. The highest BCUT2D eigenvalue weighted by molar-refractivity contribution is 5.89. The molecule has 0 fully saturated rings. The fraction of sp³-hybridized carbons (Fsp3) is 0.462. The van der Waals surface area contributed by atoms with Crippen LogP contribution in [-0.2, 0) is 16.4 Å². The molecule has 0 aliphatic carbocycles. The molecular formula is C13H16F3NO. The molecule has 0 aromatic heterocycles. The maximum atomic E-state index is 12.9. The van der Waals surface area contributed by atoms with Gasteiger partial charge in [-0.15, -0.1) is 0 Å². The fourth-order valence-electron chi connectivity index (χ4n) is 1.54. The van der Waals surface area contributed by atoms with E-state index in [2.05, 4.69) is 5.32 Å². The smallest absolute Gasteiger partial charge is 0.326 e. The lowest BCUT2D eigenvalue weighted by Gasteiger charge is -2.22. The summed E-state index contributed by atoms with van der Waals surface area (Å²) in [4.78, 5) is 10.9. The van der Waals surface area contributed by atoms with Crippen LogP contribution in [-0.4, -0.2) is 5.91 Å². The molecule has 1 aromatic carbocycles. The molecule has 0 aliphatic heterocycles. The molecule has 0 atom stereocenters. The molecule has 2 nitrogen and oxygen atoms in total. The molecule has 0 aliphatic rings. The second kappa shape index (κ2) is 4.63. The van der Waals surface area contributed by atoms with Gasteiger partial charge in [-0.05, 0) is 23.1 Å². The second-order valence-corrected chi connectivity index (χ2v) is 5.19. The average Bonchev–Trinajstić information content (AvgIpc) is 2.13. The summed E-state index contributed by atoms with van der Waals surface area (Å²) in [5, 5.41) is 2.20. The van der Waals surface area contributed by atoms with Crippen LogP contribution in [0.4, 0.5) is 18.9 Å². The zero-order valence-corrected chi connectivity index (χ0v) is 10.8. The Labute approximate surface area is 104 Å². The van der Waals surface area contributed by atoms with Gasteiger partial charge in [0.25, 0.3) is 0 Å². The van der Waals surface area contributed by atoms with E-state index in [9.17, 15) is 18.0 Å². The van der Waals surface area contributed by atoms with E-state index in [4.69, 9.17) is 0 Å². The summed E-state index contributed by atoms with van der Waals surface area (Å²) in [7, 11) is 0. The summed E-state index contributed by atoms with van der Waals surface area (Å²) < 4.78 is 38.7. The van der Waals surface area contributed by atoms with Crippen molar-refractivity contribution in [3.63, 3.8) is 0 Å². The van der Waals surface area contributed by atoms with Crippen molar-refractivity contribution in [3.05, 3.63) is 29.3 Å². The highest BCUT2D eigenvalue weighted by Gasteiger charge is 2.34. The summed E-state index contributed by atoms with van der Waals surface area (Å²) in [6, 6.07) is 3.98. The third-order valence-corrected chi connectivity index (χ3v) is 2.50. The molecule has 100 valence electrons. The summed E-state index contributed by atoms with van der Waals surface area (Å²) in [6.45, 7) is 6.68. The van der Waals surface area contributed by atoms with Gasteiger partial charge in [-0.3, -0.25) is 4.79 Å². The van der Waals surface area contributed by atoms with Gasteiger partial charge in [-0.25, -0.2) is 0 Å². The topological polar surface area (TPSA) is 29.1 Å². The number of hydrogen-bond acceptors (Lipinski definition) is 1. The monoisotopic (exact) mass is 259 g/mol. The lowest BCUT2D eigenvalue weighted by Crippen LogP contribution is -2.17. The quantitative estimate of drug-likeness (QED) is 0.812. The standard InChI is InChI=1S/C13H16F3NO/c1-8(18)17-11-6-5-9(12(2,3)4)7-10(11)13(14,15)16/h5-7H,1-4H3,(H,17,18). The van der Waals surface area contributed by atoms with E-state index in [-0.39, 0.29) is 11.1 Å². The highest BCUT2D eigenvalue weighted by atomic mass is 19.4. The van der Waals surface area contributed by atoms with Crippen molar-refractivity contribution in [2.75, 3.05) is 5.32 Å². The van der Waals surface area contributed by atoms with Crippen molar-refractivity contribution < 1.29 is 18.0 Å². The summed E-state index contributed by atoms with van der Waals surface area (Å²) in [6.07, 6.45) is -4.49. The second-order valence-electron chi connectivity index (χ2n) is 5.19. The Hall–Kier alpha value is -1.52. The first-order valence-corrected chi connectivity index (χ1v) is 5.51. The molecule has 0 saturated heterocycles. The van der Waals surface area contributed by atoms with E-state index in [1.54, 1.807) is 6.07 Å². The number of carbonyl (C=O) groups excluding carboxylic acids is 1. The first-order chi connectivity index (χ1) is 8.01. The highest BCUT2D eigenvalue weighted by Crippen LogP contribution is 2.37. The molecule has 18 heavy (non-hydrogen) atoms. The van der Waals surface area contributed by atoms with Crippen LogP contribution in [0.25, 0.3) is 0 Å². The SMILES string of the molecule is CC(=O)Nc1ccc(C(C)(C)C)cc1C(F)(F)F. The fourth-order valence-corrected chi connectivity index (χ4v) is 1.54. The Morgan fingerprint density at radius 3 is 2.11 bits per heavy atom. The van der Waals surface area contributed by atoms with E-state index in [1.807, 2.05) is 20.8 Å². The molecule has 0 saturated carbocycles. The van der Waals surface area contributed by atoms with E-state index in [1.165, 1.54) is 13.0 Å². The number of rotatable bonds is 1. The van der Waals surface area contributed by atoms with Crippen LogP contribution in [0.1, 0.15) is 38.8 Å². The van der Waals surface area contributed by atoms with Gasteiger partial charge < -0.3 is 5.32 Å². The van der Waals surface area contributed by atoms with Crippen LogP contribution in [0.3, 0.4) is 0 Å². The predicted octanol–water partition coefficient (Wildman–Crippen LogP) is 3.96. The predicted molar refractivity (Wildman–Crippen MR) is 64.4 cm³/mol. The van der Waals surface area contributed by atoms with Gasteiger partial charge in [0, 0.05) is 6.92 Å². The first-order valence-electron chi connectivity index (χ1n) is 5.51. The van der Waals surface area contributed by atoms with Crippen molar-refractivity contribution in [2.24, 2.45) is 0 Å². The molecule has 0 radical (unpaired) electrons. The Balaban J connectivity index is 3.34. The number of amides is 1. The Kier molecular flexibility index (Phi) is 3.74. The third kappa shape index (κ3) is 3.48. The van der Waals surface area contributed by atoms with Crippen molar-refractivity contribution in [1.29, 1.82) is 0 Å². The number of halogens is 3. The zero-order valence-electron chi connectivity index (χ0n) is 10.8. The van der Waals surface area contributed by atoms with E-state index >= 15 is 0 Å². The molecule has 1 rings (SSSR count). The Morgan fingerprint density at radius 2 is 1.72 bits per heavy atom. The van der Waals surface area contributed by atoms with Crippen LogP contribution in [0.5, 0.6) is 0 Å². The Bertz CT molecular complexity index is 458. The largest absolute Gasteiger partial charge is 0.418 e. The van der Waals surface area contributed by atoms with Crippen LogP contribution in [0.2, 0.25) is 0 Å². The van der Waals surface area contributed by atoms with Crippen LogP contribution in [0, 0.1) is 0 Å². The molecular weight excluding hydrogens is 243 g/mol. The van der Waals surface area contributed by atoms with Gasteiger partial charge in [-0.2, -0.15) is 13.2 Å². The molecule has 1 N–H and O–H groups in total. The minimum atomic E-state index is -4.49. The van der Waals surface area contributed by atoms with Crippen molar-refractivity contribution in [2.45, 2.75) is 39.3 Å². The van der Waals surface area contributed by atoms with Gasteiger partial charge >= 0.3 is 6.18 Å². The van der Waals surface area contributed by atoms with Crippen LogP contribution < -0.4 is 5.32 Å². The van der Waals surface area contributed by atoms with Crippen LogP contribution >= 0.6 is 0 Å². The minimum absolute atomic E-state index is 0.206. The van der Waals surface area contributed by atoms with Crippen molar-refractivity contribution in [1.82, 2.24) is 0 Å². The summed E-state index contributed by atoms with van der Waals surface area (Å²) in [5.41, 5.74) is -0.827. The number of nitrogens with one attached hydrogen (secondary N) is 1. The molecule has 0 spiro atoms. The van der Waals surface area contributed by atoms with E-state index in [0.29, 0.717) is 5.56 Å². The molecule has 0 bridgehead atoms.